The van der Waals surface area contributed by atoms with Gasteiger partial charge in [0.2, 0.25) is 5.91 Å². The highest BCUT2D eigenvalue weighted by Crippen LogP contribution is 2.27. The first kappa shape index (κ1) is 14.1. The number of imide groups is 1. The minimum absolute atomic E-state index is 0.0948. The first-order valence-electron chi connectivity index (χ1n) is 7.04. The average molecular weight is 296 g/mol. The van der Waals surface area contributed by atoms with Crippen molar-refractivity contribution in [2.24, 2.45) is 0 Å². The lowest BCUT2D eigenvalue weighted by atomic mass is 10.1. The highest BCUT2D eigenvalue weighted by Gasteiger charge is 2.39. The minimum Gasteiger partial charge on any atom is -0.508 e. The first-order chi connectivity index (χ1) is 10.6. The predicted octanol–water partition coefficient (Wildman–Crippen LogP) is 2.44. The molecule has 1 atom stereocenters. The number of hydrogen-bond donors (Lipinski definition) is 2. The Labute approximate surface area is 128 Å². The number of hydrogen-bond acceptors (Lipinski definition) is 4. The van der Waals surface area contributed by atoms with E-state index in [1.54, 1.807) is 12.1 Å². The molecule has 2 amide bonds. The van der Waals surface area contributed by atoms with Gasteiger partial charge in [0, 0.05) is 5.69 Å². The van der Waals surface area contributed by atoms with Crippen LogP contribution in [0.4, 0.5) is 11.4 Å². The highest BCUT2D eigenvalue weighted by molar-refractivity contribution is 6.23. The van der Waals surface area contributed by atoms with Crippen molar-refractivity contribution >= 4 is 23.2 Å². The van der Waals surface area contributed by atoms with Crippen molar-refractivity contribution in [3.8, 4) is 5.75 Å². The van der Waals surface area contributed by atoms with Gasteiger partial charge in [0.1, 0.15) is 11.8 Å². The summed E-state index contributed by atoms with van der Waals surface area (Å²) in [5.74, 6) is -0.432. The molecule has 1 heterocycles. The van der Waals surface area contributed by atoms with E-state index in [0.29, 0.717) is 5.69 Å². The third-order valence-electron chi connectivity index (χ3n) is 3.73. The van der Waals surface area contributed by atoms with Crippen LogP contribution in [-0.4, -0.2) is 23.0 Å². The molecule has 1 unspecified atom stereocenters. The maximum absolute atomic E-state index is 12.5. The van der Waals surface area contributed by atoms with Crippen LogP contribution in [0.25, 0.3) is 0 Å². The van der Waals surface area contributed by atoms with Gasteiger partial charge in [0.15, 0.2) is 0 Å². The van der Waals surface area contributed by atoms with Gasteiger partial charge in [0.05, 0.1) is 12.1 Å². The topological polar surface area (TPSA) is 69.6 Å². The van der Waals surface area contributed by atoms with Gasteiger partial charge in [-0.25, -0.2) is 4.90 Å². The Morgan fingerprint density at radius 1 is 1.09 bits per heavy atom. The molecule has 0 radical (unpaired) electrons. The van der Waals surface area contributed by atoms with Crippen molar-refractivity contribution in [1.82, 2.24) is 0 Å². The van der Waals surface area contributed by atoms with E-state index >= 15 is 0 Å². The van der Waals surface area contributed by atoms with Crippen LogP contribution < -0.4 is 10.2 Å². The third kappa shape index (κ3) is 2.53. The summed E-state index contributed by atoms with van der Waals surface area (Å²) in [6.45, 7) is 1.95. The molecule has 5 heteroatoms. The van der Waals surface area contributed by atoms with E-state index in [2.05, 4.69) is 5.32 Å². The van der Waals surface area contributed by atoms with Crippen molar-refractivity contribution in [1.29, 1.82) is 0 Å². The van der Waals surface area contributed by atoms with Crippen molar-refractivity contribution in [2.75, 3.05) is 10.2 Å². The number of anilines is 2. The van der Waals surface area contributed by atoms with E-state index in [4.69, 9.17) is 0 Å². The molecule has 1 saturated heterocycles. The monoisotopic (exact) mass is 296 g/mol. The number of aromatic hydroxyl groups is 1. The molecule has 1 fully saturated rings. The van der Waals surface area contributed by atoms with Crippen LogP contribution in [0.15, 0.2) is 48.5 Å². The van der Waals surface area contributed by atoms with E-state index in [1.165, 1.54) is 12.1 Å². The summed E-state index contributed by atoms with van der Waals surface area (Å²) >= 11 is 0. The Hall–Kier alpha value is -2.82. The summed E-state index contributed by atoms with van der Waals surface area (Å²) < 4.78 is 0. The van der Waals surface area contributed by atoms with Crippen LogP contribution in [0.3, 0.4) is 0 Å². The van der Waals surface area contributed by atoms with Gasteiger partial charge in [0.25, 0.3) is 5.91 Å². The number of nitrogens with zero attached hydrogens (tertiary/aromatic N) is 1. The molecule has 0 spiro atoms. The molecule has 22 heavy (non-hydrogen) atoms. The van der Waals surface area contributed by atoms with Crippen molar-refractivity contribution in [2.45, 2.75) is 19.4 Å². The van der Waals surface area contributed by atoms with E-state index in [1.807, 2.05) is 31.2 Å². The second kappa shape index (κ2) is 5.52. The third-order valence-corrected chi connectivity index (χ3v) is 3.73. The largest absolute Gasteiger partial charge is 0.508 e. The second-order valence-corrected chi connectivity index (χ2v) is 5.30. The van der Waals surface area contributed by atoms with Crippen LogP contribution in [-0.2, 0) is 9.59 Å². The van der Waals surface area contributed by atoms with Crippen LogP contribution in [0, 0.1) is 6.92 Å². The zero-order chi connectivity index (χ0) is 15.7. The number of phenolic OH excluding ortho intramolecular Hbond substituents is 1. The number of carbonyl (C=O) groups is 2. The second-order valence-electron chi connectivity index (χ2n) is 5.30. The van der Waals surface area contributed by atoms with Gasteiger partial charge < -0.3 is 10.4 Å². The molecular formula is C17H16N2O3. The Morgan fingerprint density at radius 3 is 2.45 bits per heavy atom. The Morgan fingerprint density at radius 2 is 1.77 bits per heavy atom. The lowest BCUT2D eigenvalue weighted by Crippen LogP contribution is -2.34. The minimum atomic E-state index is -0.567. The molecule has 112 valence electrons. The van der Waals surface area contributed by atoms with E-state index < -0.39 is 6.04 Å². The van der Waals surface area contributed by atoms with Crippen molar-refractivity contribution < 1.29 is 14.7 Å². The molecule has 2 N–H and O–H groups in total. The molecule has 1 aliphatic heterocycles. The van der Waals surface area contributed by atoms with Gasteiger partial charge in [-0.05, 0) is 42.8 Å². The number of amides is 2. The normalized spacial score (nSPS) is 17.9. The molecule has 0 aliphatic carbocycles. The Kier molecular flexibility index (Phi) is 3.55. The Balaban J connectivity index is 1.82. The number of benzene rings is 2. The molecule has 0 saturated carbocycles. The van der Waals surface area contributed by atoms with Crippen LogP contribution in [0.2, 0.25) is 0 Å². The van der Waals surface area contributed by atoms with E-state index in [-0.39, 0.29) is 24.0 Å². The fraction of sp³-hybridized carbons (Fsp3) is 0.176. The van der Waals surface area contributed by atoms with Crippen molar-refractivity contribution in [3.63, 3.8) is 0 Å². The fourth-order valence-electron chi connectivity index (χ4n) is 2.54. The summed E-state index contributed by atoms with van der Waals surface area (Å²) in [4.78, 5) is 25.8. The maximum Gasteiger partial charge on any atom is 0.256 e. The smallest absolute Gasteiger partial charge is 0.256 e. The molecule has 3 rings (SSSR count). The van der Waals surface area contributed by atoms with Gasteiger partial charge in [-0.2, -0.15) is 0 Å². The summed E-state index contributed by atoms with van der Waals surface area (Å²) in [5, 5.41) is 12.4. The number of nitrogens with one attached hydrogen (secondary N) is 1. The number of para-hydroxylation sites is 1. The summed E-state index contributed by atoms with van der Waals surface area (Å²) in [6, 6.07) is 13.1. The number of rotatable bonds is 3. The van der Waals surface area contributed by atoms with Crippen LogP contribution in [0.5, 0.6) is 5.75 Å². The zero-order valence-electron chi connectivity index (χ0n) is 12.1. The van der Waals surface area contributed by atoms with E-state index in [0.717, 1.165) is 16.2 Å². The van der Waals surface area contributed by atoms with E-state index in [9.17, 15) is 14.7 Å². The lowest BCUT2D eigenvalue weighted by Gasteiger charge is -2.17. The van der Waals surface area contributed by atoms with Gasteiger partial charge >= 0.3 is 0 Å². The molecule has 0 bridgehead atoms. The molecule has 2 aromatic carbocycles. The fourth-order valence-corrected chi connectivity index (χ4v) is 2.54. The SMILES string of the molecule is Cc1ccccc1NC1CC(=O)N(c2ccc(O)cc2)C1=O. The van der Waals surface area contributed by atoms with Crippen LogP contribution in [0.1, 0.15) is 12.0 Å². The molecule has 2 aromatic rings. The maximum atomic E-state index is 12.5. The predicted molar refractivity (Wildman–Crippen MR) is 83.8 cm³/mol. The summed E-state index contributed by atoms with van der Waals surface area (Å²) in [7, 11) is 0. The first-order valence-corrected chi connectivity index (χ1v) is 7.04. The standard InChI is InChI=1S/C17H16N2O3/c1-11-4-2-3-5-14(11)18-15-10-16(21)19(17(15)22)12-6-8-13(20)9-7-12/h2-9,15,18,20H,10H2,1H3. The highest BCUT2D eigenvalue weighted by atomic mass is 16.3. The number of phenols is 1. The van der Waals surface area contributed by atoms with Gasteiger partial charge in [-0.15, -0.1) is 0 Å². The number of aryl methyl sites for hydroxylation is 1. The Bertz CT molecular complexity index is 725. The zero-order valence-corrected chi connectivity index (χ0v) is 12.1. The number of carbonyl (C=O) groups excluding carboxylic acids is 2. The van der Waals surface area contributed by atoms with Crippen LogP contribution >= 0.6 is 0 Å². The summed E-state index contributed by atoms with van der Waals surface area (Å²) in [6.07, 6.45) is 0.119. The van der Waals surface area contributed by atoms with Gasteiger partial charge in [-0.3, -0.25) is 9.59 Å². The van der Waals surface area contributed by atoms with Crippen molar-refractivity contribution in [3.05, 3.63) is 54.1 Å². The molecule has 5 nitrogen and oxygen atoms in total. The average Bonchev–Trinajstić information content (AvgIpc) is 2.77. The molecule has 0 aromatic heterocycles. The summed E-state index contributed by atoms with van der Waals surface area (Å²) in [5.41, 5.74) is 2.34. The quantitative estimate of drug-likeness (QED) is 0.854. The van der Waals surface area contributed by atoms with Gasteiger partial charge in [-0.1, -0.05) is 18.2 Å². The molecule has 1 aliphatic rings. The molecular weight excluding hydrogens is 280 g/mol. The lowest BCUT2D eigenvalue weighted by molar-refractivity contribution is -0.121.